The van der Waals surface area contributed by atoms with Crippen molar-refractivity contribution in [2.75, 3.05) is 12.5 Å². The molecule has 1 aliphatic rings. The first-order valence-electron chi connectivity index (χ1n) is 7.12. The molecular formula is C18H19ClO. The molecule has 2 aromatic rings. The van der Waals surface area contributed by atoms with Gasteiger partial charge in [-0.3, -0.25) is 0 Å². The number of halogens is 1. The van der Waals surface area contributed by atoms with Gasteiger partial charge < -0.3 is 4.74 Å². The van der Waals surface area contributed by atoms with Gasteiger partial charge in [-0.05, 0) is 30.9 Å². The van der Waals surface area contributed by atoms with E-state index in [4.69, 9.17) is 16.3 Å². The number of para-hydroxylation sites is 1. The second-order valence-electron chi connectivity index (χ2n) is 5.55. The van der Waals surface area contributed by atoms with Crippen LogP contribution in [0.1, 0.15) is 34.9 Å². The van der Waals surface area contributed by atoms with E-state index in [2.05, 4.69) is 49.4 Å². The molecule has 2 unspecified atom stereocenters. The number of rotatable bonds is 4. The summed E-state index contributed by atoms with van der Waals surface area (Å²) >= 11 is 6.22. The fraction of sp³-hybridized carbons (Fsp3) is 0.333. The van der Waals surface area contributed by atoms with Gasteiger partial charge >= 0.3 is 0 Å². The van der Waals surface area contributed by atoms with Gasteiger partial charge in [-0.2, -0.15) is 0 Å². The van der Waals surface area contributed by atoms with Gasteiger partial charge in [-0.15, -0.1) is 11.6 Å². The molecule has 3 rings (SSSR count). The van der Waals surface area contributed by atoms with Crippen molar-refractivity contribution < 1.29 is 4.74 Å². The maximum Gasteiger partial charge on any atom is 0.122 e. The molecule has 0 amide bonds. The minimum absolute atomic E-state index is 0.385. The van der Waals surface area contributed by atoms with Crippen LogP contribution in [0.5, 0.6) is 5.75 Å². The predicted octanol–water partition coefficient (Wildman–Crippen LogP) is 4.88. The lowest BCUT2D eigenvalue weighted by Gasteiger charge is -2.18. The van der Waals surface area contributed by atoms with Gasteiger partial charge in [-0.1, -0.05) is 48.0 Å². The summed E-state index contributed by atoms with van der Waals surface area (Å²) in [6, 6.07) is 17.0. The maximum absolute atomic E-state index is 6.22. The molecule has 104 valence electrons. The summed E-state index contributed by atoms with van der Waals surface area (Å²) in [5, 5.41) is 0. The van der Waals surface area contributed by atoms with Crippen LogP contribution in [-0.2, 0) is 0 Å². The molecule has 0 saturated heterocycles. The molecule has 1 heterocycles. The summed E-state index contributed by atoms with van der Waals surface area (Å²) in [5.74, 6) is 2.53. The van der Waals surface area contributed by atoms with Crippen molar-refractivity contribution in [2.45, 2.75) is 25.2 Å². The van der Waals surface area contributed by atoms with Crippen molar-refractivity contribution in [3.63, 3.8) is 0 Å². The van der Waals surface area contributed by atoms with Gasteiger partial charge in [0.15, 0.2) is 0 Å². The smallest absolute Gasteiger partial charge is 0.122 e. The Morgan fingerprint density at radius 3 is 2.85 bits per heavy atom. The lowest BCUT2D eigenvalue weighted by molar-refractivity contribution is 0.320. The highest BCUT2D eigenvalue weighted by Crippen LogP contribution is 2.39. The van der Waals surface area contributed by atoms with Crippen LogP contribution in [0.3, 0.4) is 0 Å². The van der Waals surface area contributed by atoms with Gasteiger partial charge in [-0.25, -0.2) is 0 Å². The van der Waals surface area contributed by atoms with Crippen molar-refractivity contribution in [3.05, 3.63) is 65.2 Å². The van der Waals surface area contributed by atoms with E-state index in [0.717, 1.165) is 18.8 Å². The van der Waals surface area contributed by atoms with E-state index in [1.807, 2.05) is 6.07 Å². The van der Waals surface area contributed by atoms with E-state index < -0.39 is 0 Å². The first-order chi connectivity index (χ1) is 9.78. The summed E-state index contributed by atoms with van der Waals surface area (Å²) < 4.78 is 5.77. The number of aryl methyl sites for hydroxylation is 1. The molecule has 1 aliphatic heterocycles. The summed E-state index contributed by atoms with van der Waals surface area (Å²) in [6.45, 7) is 2.90. The fourth-order valence-corrected chi connectivity index (χ4v) is 3.28. The van der Waals surface area contributed by atoms with Gasteiger partial charge in [0, 0.05) is 17.4 Å². The second kappa shape index (κ2) is 5.88. The van der Waals surface area contributed by atoms with Crippen LogP contribution in [0.25, 0.3) is 0 Å². The zero-order chi connectivity index (χ0) is 13.9. The lowest BCUT2D eigenvalue weighted by atomic mass is 9.87. The molecule has 0 spiro atoms. The van der Waals surface area contributed by atoms with E-state index in [-0.39, 0.29) is 0 Å². The molecule has 2 atom stereocenters. The van der Waals surface area contributed by atoms with Crippen LogP contribution >= 0.6 is 11.6 Å². The van der Waals surface area contributed by atoms with Crippen LogP contribution in [0.15, 0.2) is 48.5 Å². The number of hydrogen-bond donors (Lipinski definition) is 0. The molecule has 0 aromatic heterocycles. The Hall–Kier alpha value is -1.47. The Balaban J connectivity index is 1.80. The first kappa shape index (κ1) is 13.5. The predicted molar refractivity (Wildman–Crippen MR) is 83.9 cm³/mol. The Bertz CT molecular complexity index is 593. The Kier molecular flexibility index (Phi) is 3.98. The number of fused-ring (bicyclic) bond motifs is 1. The third-order valence-corrected chi connectivity index (χ3v) is 4.44. The van der Waals surface area contributed by atoms with Gasteiger partial charge in [0.25, 0.3) is 0 Å². The van der Waals surface area contributed by atoms with E-state index >= 15 is 0 Å². The molecule has 0 radical (unpaired) electrons. The normalized spacial score (nSPS) is 18.4. The highest BCUT2D eigenvalue weighted by atomic mass is 35.5. The largest absolute Gasteiger partial charge is 0.493 e. The highest BCUT2D eigenvalue weighted by Gasteiger charge is 2.26. The minimum Gasteiger partial charge on any atom is -0.493 e. The summed E-state index contributed by atoms with van der Waals surface area (Å²) in [4.78, 5) is 0. The number of ether oxygens (including phenoxy) is 1. The van der Waals surface area contributed by atoms with Crippen molar-refractivity contribution in [1.82, 2.24) is 0 Å². The minimum atomic E-state index is 0.385. The van der Waals surface area contributed by atoms with Crippen LogP contribution < -0.4 is 4.74 Å². The molecule has 0 bridgehead atoms. The third-order valence-electron chi connectivity index (χ3n) is 4.07. The first-order valence-corrected chi connectivity index (χ1v) is 7.65. The van der Waals surface area contributed by atoms with Crippen molar-refractivity contribution in [3.8, 4) is 5.75 Å². The number of alkyl halides is 1. The topological polar surface area (TPSA) is 9.23 Å². The van der Waals surface area contributed by atoms with Crippen LogP contribution in [-0.4, -0.2) is 12.5 Å². The average Bonchev–Trinajstić information content (AvgIpc) is 2.88. The van der Waals surface area contributed by atoms with Crippen LogP contribution in [0.4, 0.5) is 0 Å². The van der Waals surface area contributed by atoms with E-state index in [9.17, 15) is 0 Å². The molecule has 2 aromatic carbocycles. The Morgan fingerprint density at radius 2 is 2.05 bits per heavy atom. The van der Waals surface area contributed by atoms with E-state index in [0.29, 0.717) is 17.7 Å². The van der Waals surface area contributed by atoms with Gasteiger partial charge in [0.05, 0.1) is 6.61 Å². The third kappa shape index (κ3) is 2.69. The van der Waals surface area contributed by atoms with Crippen LogP contribution in [0, 0.1) is 6.92 Å². The summed E-state index contributed by atoms with van der Waals surface area (Å²) in [5.41, 5.74) is 3.96. The lowest BCUT2D eigenvalue weighted by Crippen LogP contribution is -2.09. The molecule has 2 heteroatoms. The second-order valence-corrected chi connectivity index (χ2v) is 5.86. The Morgan fingerprint density at radius 1 is 1.20 bits per heavy atom. The molecule has 1 nitrogen and oxygen atoms in total. The highest BCUT2D eigenvalue weighted by molar-refractivity contribution is 6.18. The summed E-state index contributed by atoms with van der Waals surface area (Å²) in [7, 11) is 0. The number of hydrogen-bond acceptors (Lipinski definition) is 1. The molecule has 0 aliphatic carbocycles. The zero-order valence-corrected chi connectivity index (χ0v) is 12.4. The standard InChI is InChI=1S/C18H19ClO/c1-13-5-4-6-14(9-13)15(11-19)10-16-12-20-18-8-3-2-7-17(16)18/h2-9,15-16H,10-12H2,1H3. The molecule has 0 saturated carbocycles. The van der Waals surface area contributed by atoms with Crippen molar-refractivity contribution >= 4 is 11.6 Å². The van der Waals surface area contributed by atoms with Gasteiger partial charge in [0.1, 0.15) is 5.75 Å². The SMILES string of the molecule is Cc1cccc(C(CCl)CC2COc3ccccc32)c1. The Labute approximate surface area is 125 Å². The molecule has 20 heavy (non-hydrogen) atoms. The van der Waals surface area contributed by atoms with Crippen molar-refractivity contribution in [2.24, 2.45) is 0 Å². The molecular weight excluding hydrogens is 268 g/mol. The molecule has 0 fully saturated rings. The van der Waals surface area contributed by atoms with E-state index in [1.165, 1.54) is 16.7 Å². The van der Waals surface area contributed by atoms with Gasteiger partial charge in [0.2, 0.25) is 0 Å². The number of benzene rings is 2. The summed E-state index contributed by atoms with van der Waals surface area (Å²) in [6.07, 6.45) is 1.05. The quantitative estimate of drug-likeness (QED) is 0.728. The molecule has 0 N–H and O–H groups in total. The fourth-order valence-electron chi connectivity index (χ4n) is 2.98. The zero-order valence-electron chi connectivity index (χ0n) is 11.7. The monoisotopic (exact) mass is 286 g/mol. The van der Waals surface area contributed by atoms with Crippen LogP contribution in [0.2, 0.25) is 0 Å². The average molecular weight is 287 g/mol. The maximum atomic E-state index is 6.22. The van der Waals surface area contributed by atoms with Crippen molar-refractivity contribution in [1.29, 1.82) is 0 Å². The van der Waals surface area contributed by atoms with E-state index in [1.54, 1.807) is 0 Å².